The van der Waals surface area contributed by atoms with Gasteiger partial charge in [-0.3, -0.25) is 9.59 Å². The van der Waals surface area contributed by atoms with Crippen molar-refractivity contribution in [1.82, 2.24) is 5.32 Å². The van der Waals surface area contributed by atoms with Crippen LogP contribution in [0.2, 0.25) is 0 Å². The van der Waals surface area contributed by atoms with Crippen LogP contribution in [0.25, 0.3) is 0 Å². The van der Waals surface area contributed by atoms with E-state index in [0.717, 1.165) is 25.7 Å². The molecule has 2 rings (SSSR count). The second kappa shape index (κ2) is 8.10. The van der Waals surface area contributed by atoms with E-state index >= 15 is 0 Å². The molecule has 1 amide bonds. The van der Waals surface area contributed by atoms with Gasteiger partial charge in [-0.05, 0) is 25.0 Å². The maximum absolute atomic E-state index is 12.0. The molecule has 0 aromatic heterocycles. The minimum atomic E-state index is -3.51. The smallest absolute Gasteiger partial charge is 0.307 e. The molecule has 6 nitrogen and oxygen atoms in total. The highest BCUT2D eigenvalue weighted by Crippen LogP contribution is 2.17. The summed E-state index contributed by atoms with van der Waals surface area (Å²) in [4.78, 5) is 23.4. The van der Waals surface area contributed by atoms with Crippen LogP contribution in [0, 0.1) is 0 Å². The van der Waals surface area contributed by atoms with Crippen LogP contribution in [-0.2, 0) is 24.2 Å². The van der Waals surface area contributed by atoms with Gasteiger partial charge in [0.15, 0.2) is 16.4 Å². The number of benzene rings is 1. The van der Waals surface area contributed by atoms with E-state index in [-0.39, 0.29) is 35.6 Å². The number of rotatable bonds is 7. The molecular weight excluding hydrogens is 318 g/mol. The summed E-state index contributed by atoms with van der Waals surface area (Å²) in [6.45, 7) is -0.360. The molecule has 0 atom stereocenters. The van der Waals surface area contributed by atoms with Crippen LogP contribution in [0.5, 0.6) is 0 Å². The summed E-state index contributed by atoms with van der Waals surface area (Å²) in [5, 5.41) is 2.80. The number of esters is 1. The van der Waals surface area contributed by atoms with Crippen molar-refractivity contribution < 1.29 is 22.7 Å². The van der Waals surface area contributed by atoms with Crippen LogP contribution in [0.1, 0.15) is 32.1 Å². The summed E-state index contributed by atoms with van der Waals surface area (Å²) >= 11 is 0. The predicted octanol–water partition coefficient (Wildman–Crippen LogP) is 1.45. The van der Waals surface area contributed by atoms with Gasteiger partial charge in [0.25, 0.3) is 5.91 Å². The van der Waals surface area contributed by atoms with Crippen LogP contribution in [0.4, 0.5) is 0 Å². The van der Waals surface area contributed by atoms with Gasteiger partial charge in [-0.1, -0.05) is 31.0 Å². The largest absolute Gasteiger partial charge is 0.456 e. The van der Waals surface area contributed by atoms with E-state index in [1.807, 2.05) is 0 Å². The summed E-state index contributed by atoms with van der Waals surface area (Å²) < 4.78 is 28.9. The molecule has 0 radical (unpaired) electrons. The number of hydrogen-bond donors (Lipinski definition) is 1. The monoisotopic (exact) mass is 339 g/mol. The fraction of sp³-hybridized carbons (Fsp3) is 0.500. The summed E-state index contributed by atoms with van der Waals surface area (Å²) in [5.74, 6) is -1.36. The van der Waals surface area contributed by atoms with Crippen molar-refractivity contribution in [2.24, 2.45) is 0 Å². The van der Waals surface area contributed by atoms with Crippen LogP contribution < -0.4 is 5.32 Å². The Hall–Kier alpha value is -1.89. The fourth-order valence-electron chi connectivity index (χ4n) is 2.52. The summed E-state index contributed by atoms with van der Waals surface area (Å²) in [7, 11) is -3.51. The molecule has 23 heavy (non-hydrogen) atoms. The number of carbonyl (C=O) groups is 2. The number of amides is 1. The highest BCUT2D eigenvalue weighted by Gasteiger charge is 2.19. The van der Waals surface area contributed by atoms with Gasteiger partial charge in [-0.15, -0.1) is 0 Å². The average molecular weight is 339 g/mol. The van der Waals surface area contributed by atoms with Crippen molar-refractivity contribution in [3.05, 3.63) is 30.3 Å². The van der Waals surface area contributed by atoms with E-state index in [0.29, 0.717) is 0 Å². The molecule has 1 N–H and O–H groups in total. The highest BCUT2D eigenvalue weighted by molar-refractivity contribution is 7.91. The molecule has 0 spiro atoms. The van der Waals surface area contributed by atoms with E-state index in [2.05, 4.69) is 5.32 Å². The SMILES string of the molecule is O=C(COC(=O)CCS(=O)(=O)c1ccccc1)NC1CCCC1. The van der Waals surface area contributed by atoms with Crippen molar-refractivity contribution >= 4 is 21.7 Å². The van der Waals surface area contributed by atoms with Crippen LogP contribution in [0.3, 0.4) is 0 Å². The first-order valence-corrected chi connectivity index (χ1v) is 9.35. The Bertz CT molecular complexity index is 636. The minimum Gasteiger partial charge on any atom is -0.456 e. The first-order chi connectivity index (χ1) is 11.0. The minimum absolute atomic E-state index is 0.166. The Morgan fingerprint density at radius 1 is 1.13 bits per heavy atom. The lowest BCUT2D eigenvalue weighted by Crippen LogP contribution is -2.36. The molecule has 1 aromatic carbocycles. The Morgan fingerprint density at radius 3 is 2.43 bits per heavy atom. The van der Waals surface area contributed by atoms with Crippen LogP contribution in [-0.4, -0.2) is 38.7 Å². The molecule has 1 fully saturated rings. The maximum atomic E-state index is 12.0. The first-order valence-electron chi connectivity index (χ1n) is 7.70. The number of carbonyl (C=O) groups excluding carboxylic acids is 2. The molecule has 0 aliphatic heterocycles. The van der Waals surface area contributed by atoms with Crippen LogP contribution >= 0.6 is 0 Å². The zero-order chi connectivity index (χ0) is 16.7. The molecule has 0 unspecified atom stereocenters. The van der Waals surface area contributed by atoms with Gasteiger partial charge in [-0.2, -0.15) is 0 Å². The Kier molecular flexibility index (Phi) is 6.15. The normalized spacial score (nSPS) is 15.3. The number of ether oxygens (including phenoxy) is 1. The molecule has 0 bridgehead atoms. The fourth-order valence-corrected chi connectivity index (χ4v) is 3.76. The third-order valence-electron chi connectivity index (χ3n) is 3.76. The number of nitrogens with one attached hydrogen (secondary N) is 1. The zero-order valence-corrected chi connectivity index (χ0v) is 13.7. The molecule has 0 heterocycles. The maximum Gasteiger partial charge on any atom is 0.307 e. The number of sulfone groups is 1. The lowest BCUT2D eigenvalue weighted by Gasteiger charge is -2.12. The third kappa shape index (κ3) is 5.67. The lowest BCUT2D eigenvalue weighted by atomic mass is 10.2. The van der Waals surface area contributed by atoms with E-state index in [1.54, 1.807) is 18.2 Å². The van der Waals surface area contributed by atoms with E-state index in [4.69, 9.17) is 4.74 Å². The van der Waals surface area contributed by atoms with Crippen molar-refractivity contribution in [3.63, 3.8) is 0 Å². The average Bonchev–Trinajstić information content (AvgIpc) is 3.05. The van der Waals surface area contributed by atoms with Crippen molar-refractivity contribution in [2.45, 2.75) is 43.0 Å². The quantitative estimate of drug-likeness (QED) is 0.760. The molecule has 1 aliphatic rings. The molecular formula is C16H21NO5S. The van der Waals surface area contributed by atoms with Crippen molar-refractivity contribution in [1.29, 1.82) is 0 Å². The molecule has 1 aliphatic carbocycles. The third-order valence-corrected chi connectivity index (χ3v) is 5.49. The second-order valence-electron chi connectivity index (χ2n) is 5.59. The highest BCUT2D eigenvalue weighted by atomic mass is 32.2. The Morgan fingerprint density at radius 2 is 1.78 bits per heavy atom. The predicted molar refractivity (Wildman–Crippen MR) is 84.5 cm³/mol. The van der Waals surface area contributed by atoms with Gasteiger partial charge in [0, 0.05) is 6.04 Å². The van der Waals surface area contributed by atoms with E-state index in [9.17, 15) is 18.0 Å². The van der Waals surface area contributed by atoms with Gasteiger partial charge >= 0.3 is 5.97 Å². The molecule has 0 saturated heterocycles. The van der Waals surface area contributed by atoms with Gasteiger partial charge in [-0.25, -0.2) is 8.42 Å². The molecule has 7 heteroatoms. The summed E-state index contributed by atoms with van der Waals surface area (Å²) in [5.41, 5.74) is 0. The van der Waals surface area contributed by atoms with Crippen molar-refractivity contribution in [3.8, 4) is 0 Å². The van der Waals surface area contributed by atoms with E-state index < -0.39 is 15.8 Å². The van der Waals surface area contributed by atoms with Crippen LogP contribution in [0.15, 0.2) is 35.2 Å². The lowest BCUT2D eigenvalue weighted by molar-refractivity contribution is -0.148. The first kappa shape index (κ1) is 17.5. The zero-order valence-electron chi connectivity index (χ0n) is 12.9. The summed E-state index contributed by atoms with van der Waals surface area (Å²) in [6.07, 6.45) is 3.84. The molecule has 1 saturated carbocycles. The van der Waals surface area contributed by atoms with Crippen molar-refractivity contribution in [2.75, 3.05) is 12.4 Å². The Labute approximate surface area is 136 Å². The number of hydrogen-bond acceptors (Lipinski definition) is 5. The Balaban J connectivity index is 1.71. The summed E-state index contributed by atoms with van der Waals surface area (Å²) in [6, 6.07) is 8.10. The van der Waals surface area contributed by atoms with Gasteiger partial charge in [0.2, 0.25) is 0 Å². The standard InChI is InChI=1S/C16H21NO5S/c18-15(17-13-6-4-5-7-13)12-22-16(19)10-11-23(20,21)14-8-2-1-3-9-14/h1-3,8-9,13H,4-7,10-12H2,(H,17,18). The van der Waals surface area contributed by atoms with E-state index in [1.165, 1.54) is 12.1 Å². The van der Waals surface area contributed by atoms with Gasteiger partial charge < -0.3 is 10.1 Å². The van der Waals surface area contributed by atoms with Gasteiger partial charge in [0.1, 0.15) is 0 Å². The second-order valence-corrected chi connectivity index (χ2v) is 7.70. The topological polar surface area (TPSA) is 89.5 Å². The molecule has 1 aromatic rings. The van der Waals surface area contributed by atoms with Gasteiger partial charge in [0.05, 0.1) is 17.1 Å². The molecule has 126 valence electrons.